The highest BCUT2D eigenvalue weighted by atomic mass is 35.5. The predicted octanol–water partition coefficient (Wildman–Crippen LogP) is 4.15. The van der Waals surface area contributed by atoms with Crippen molar-refractivity contribution < 1.29 is 22.4 Å². The number of carbonyl (C=O) groups excluding carboxylic acids is 1. The Labute approximate surface area is 183 Å². The van der Waals surface area contributed by atoms with Crippen LogP contribution in [0.3, 0.4) is 0 Å². The Kier molecular flexibility index (Phi) is 6.83. The van der Waals surface area contributed by atoms with Gasteiger partial charge in [-0.25, -0.2) is 0 Å². The van der Waals surface area contributed by atoms with Crippen LogP contribution < -0.4 is 10.7 Å². The Hall–Kier alpha value is -1.98. The van der Waals surface area contributed by atoms with E-state index in [1.165, 1.54) is 18.2 Å². The summed E-state index contributed by atoms with van der Waals surface area (Å²) in [6.07, 6.45) is -4.52. The number of hydrogen-bond donors (Lipinski definition) is 2. The number of hydrazone groups is 1. The molecule has 13 heteroatoms. The average Bonchev–Trinajstić information content (AvgIpc) is 3.31. The summed E-state index contributed by atoms with van der Waals surface area (Å²) in [5, 5.41) is 14.2. The lowest BCUT2D eigenvalue weighted by Gasteiger charge is -2.31. The van der Waals surface area contributed by atoms with Crippen LogP contribution in [0, 0.1) is 0 Å². The lowest BCUT2D eigenvalue weighted by Crippen LogP contribution is -2.49. The molecule has 0 fully saturated rings. The molecule has 0 saturated carbocycles. The molecule has 0 bridgehead atoms. The van der Waals surface area contributed by atoms with Gasteiger partial charge in [-0.2, -0.15) is 18.3 Å². The molecule has 1 unspecified atom stereocenters. The SMILES string of the molecule is CCCNC(=O)CSc1nnc(C2=NNC(c3cc(Cl)cc(Cl)c3)(C(F)(F)F)C2)o1. The van der Waals surface area contributed by atoms with Crippen molar-refractivity contribution in [1.29, 1.82) is 0 Å². The first-order valence-corrected chi connectivity index (χ1v) is 10.5. The van der Waals surface area contributed by atoms with Crippen LogP contribution in [0.1, 0.15) is 31.2 Å². The van der Waals surface area contributed by atoms with Gasteiger partial charge in [-0.3, -0.25) is 10.2 Å². The maximum absolute atomic E-state index is 14.0. The summed E-state index contributed by atoms with van der Waals surface area (Å²) in [6, 6.07) is 3.69. The Balaban J connectivity index is 1.77. The minimum Gasteiger partial charge on any atom is -0.410 e. The van der Waals surface area contributed by atoms with Crippen molar-refractivity contribution in [3.05, 3.63) is 39.7 Å². The van der Waals surface area contributed by atoms with Crippen molar-refractivity contribution in [3.63, 3.8) is 0 Å². The molecule has 1 atom stereocenters. The zero-order valence-electron chi connectivity index (χ0n) is 15.5. The van der Waals surface area contributed by atoms with Crippen molar-refractivity contribution in [2.75, 3.05) is 12.3 Å². The summed E-state index contributed by atoms with van der Waals surface area (Å²) >= 11 is 12.8. The number of nitrogens with zero attached hydrogens (tertiary/aromatic N) is 3. The second-order valence-corrected chi connectivity index (χ2v) is 8.22. The summed E-state index contributed by atoms with van der Waals surface area (Å²) in [5.74, 6) is -0.339. The number of halogens is 5. The highest BCUT2D eigenvalue weighted by Crippen LogP contribution is 2.46. The van der Waals surface area contributed by atoms with Crippen LogP contribution in [0.25, 0.3) is 0 Å². The Bertz CT molecular complexity index is 949. The van der Waals surface area contributed by atoms with Crippen molar-refractivity contribution in [2.24, 2.45) is 5.10 Å². The first kappa shape index (κ1) is 22.7. The van der Waals surface area contributed by atoms with Crippen LogP contribution in [0.15, 0.2) is 32.9 Å². The molecule has 2 aromatic rings. The summed E-state index contributed by atoms with van der Waals surface area (Å²) in [7, 11) is 0. The van der Waals surface area contributed by atoms with Crippen LogP contribution in [0.5, 0.6) is 0 Å². The van der Waals surface area contributed by atoms with E-state index < -0.39 is 18.1 Å². The van der Waals surface area contributed by atoms with Crippen LogP contribution in [0.2, 0.25) is 10.0 Å². The van der Waals surface area contributed by atoms with E-state index in [1.807, 2.05) is 6.92 Å². The third kappa shape index (κ3) is 4.84. The largest absolute Gasteiger partial charge is 0.417 e. The van der Waals surface area contributed by atoms with E-state index in [2.05, 4.69) is 26.0 Å². The van der Waals surface area contributed by atoms with Gasteiger partial charge in [0.05, 0.1) is 5.75 Å². The lowest BCUT2D eigenvalue weighted by molar-refractivity contribution is -0.196. The molecule has 0 spiro atoms. The summed E-state index contributed by atoms with van der Waals surface area (Å²) in [4.78, 5) is 11.6. The average molecular weight is 482 g/mol. The van der Waals surface area contributed by atoms with Gasteiger partial charge in [-0.05, 0) is 30.2 Å². The van der Waals surface area contributed by atoms with Crippen LogP contribution in [-0.4, -0.2) is 40.3 Å². The molecule has 0 aliphatic carbocycles. The van der Waals surface area contributed by atoms with Crippen LogP contribution in [-0.2, 0) is 10.3 Å². The number of nitrogens with one attached hydrogen (secondary N) is 2. The second kappa shape index (κ2) is 9.03. The number of rotatable bonds is 7. The fourth-order valence-corrected chi connectivity index (χ4v) is 3.86. The number of aromatic nitrogens is 2. The normalized spacial score (nSPS) is 18.8. The summed E-state index contributed by atoms with van der Waals surface area (Å²) in [5.41, 5.74) is -0.642. The number of alkyl halides is 3. The predicted molar refractivity (Wildman–Crippen MR) is 107 cm³/mol. The van der Waals surface area contributed by atoms with Gasteiger partial charge in [0, 0.05) is 23.0 Å². The molecule has 1 aliphatic rings. The van der Waals surface area contributed by atoms with Crippen molar-refractivity contribution in [3.8, 4) is 0 Å². The zero-order chi connectivity index (χ0) is 21.9. The number of hydrogen-bond acceptors (Lipinski definition) is 7. The summed E-state index contributed by atoms with van der Waals surface area (Å²) in [6.45, 7) is 2.47. The molecule has 2 N–H and O–H groups in total. The first-order chi connectivity index (χ1) is 14.1. The first-order valence-electron chi connectivity index (χ1n) is 8.75. The van der Waals surface area contributed by atoms with Gasteiger partial charge in [-0.1, -0.05) is 41.9 Å². The van der Waals surface area contributed by atoms with E-state index in [-0.39, 0.29) is 44.1 Å². The Morgan fingerprint density at radius 1 is 1.30 bits per heavy atom. The van der Waals surface area contributed by atoms with Gasteiger partial charge in [-0.15, -0.1) is 10.2 Å². The maximum atomic E-state index is 14.0. The van der Waals surface area contributed by atoms with Gasteiger partial charge in [0.25, 0.3) is 11.1 Å². The van der Waals surface area contributed by atoms with Gasteiger partial charge in [0.15, 0.2) is 5.54 Å². The number of amides is 1. The van der Waals surface area contributed by atoms with E-state index in [1.54, 1.807) is 0 Å². The van der Waals surface area contributed by atoms with Crippen molar-refractivity contribution >= 4 is 46.6 Å². The molecular weight excluding hydrogens is 466 g/mol. The standard InChI is InChI=1S/C17H16Cl2F3N5O2S/c1-2-3-23-13(28)8-30-15-26-25-14(29-15)12-7-16(27-24-12,17(20,21)22)9-4-10(18)6-11(19)5-9/h4-6,27H,2-3,7-8H2,1H3,(H,23,28). The molecule has 1 amide bonds. The summed E-state index contributed by atoms with van der Waals surface area (Å²) < 4.78 is 47.5. The molecule has 1 aliphatic heterocycles. The third-order valence-corrected chi connectivity index (χ3v) is 5.46. The van der Waals surface area contributed by atoms with Crippen molar-refractivity contribution in [2.45, 2.75) is 36.7 Å². The molecule has 0 radical (unpaired) electrons. The Morgan fingerprint density at radius 2 is 2.00 bits per heavy atom. The van der Waals surface area contributed by atoms with Gasteiger partial charge < -0.3 is 9.73 Å². The fraction of sp³-hybridized carbons (Fsp3) is 0.412. The topological polar surface area (TPSA) is 92.4 Å². The van der Waals surface area contributed by atoms with Gasteiger partial charge in [0.1, 0.15) is 5.71 Å². The highest BCUT2D eigenvalue weighted by Gasteiger charge is 2.59. The van der Waals surface area contributed by atoms with E-state index in [4.69, 9.17) is 27.6 Å². The molecule has 3 rings (SSSR count). The maximum Gasteiger partial charge on any atom is 0.417 e. The second-order valence-electron chi connectivity index (χ2n) is 6.42. The Morgan fingerprint density at radius 3 is 2.63 bits per heavy atom. The molecule has 0 saturated heterocycles. The minimum absolute atomic E-state index is 0.0415. The molecule has 30 heavy (non-hydrogen) atoms. The molecule has 2 heterocycles. The van der Waals surface area contributed by atoms with E-state index in [0.717, 1.165) is 18.2 Å². The molecule has 162 valence electrons. The third-order valence-electron chi connectivity index (χ3n) is 4.21. The quantitative estimate of drug-likeness (QED) is 0.577. The van der Waals surface area contributed by atoms with Crippen molar-refractivity contribution in [1.82, 2.24) is 20.9 Å². The van der Waals surface area contributed by atoms with Gasteiger partial charge in [0.2, 0.25) is 5.91 Å². The van der Waals surface area contributed by atoms with E-state index in [0.29, 0.717) is 6.54 Å². The number of carbonyl (C=O) groups is 1. The minimum atomic E-state index is -4.72. The lowest BCUT2D eigenvalue weighted by atomic mass is 9.85. The number of benzene rings is 1. The molecule has 1 aromatic heterocycles. The highest BCUT2D eigenvalue weighted by molar-refractivity contribution is 7.99. The van der Waals surface area contributed by atoms with Crippen LogP contribution >= 0.6 is 35.0 Å². The smallest absolute Gasteiger partial charge is 0.410 e. The molecule has 1 aromatic carbocycles. The number of thioether (sulfide) groups is 1. The fourth-order valence-electron chi connectivity index (χ4n) is 2.74. The molecule has 7 nitrogen and oxygen atoms in total. The van der Waals surface area contributed by atoms with E-state index >= 15 is 0 Å². The van der Waals surface area contributed by atoms with E-state index in [9.17, 15) is 18.0 Å². The zero-order valence-corrected chi connectivity index (χ0v) is 17.8. The monoisotopic (exact) mass is 481 g/mol. The molecular formula is C17H16Cl2F3N5O2S. The van der Waals surface area contributed by atoms with Gasteiger partial charge >= 0.3 is 6.18 Å². The van der Waals surface area contributed by atoms with Crippen LogP contribution in [0.4, 0.5) is 13.2 Å².